The molecule has 3 aromatic rings. The van der Waals surface area contributed by atoms with Crippen LogP contribution in [0.25, 0.3) is 11.0 Å². The van der Waals surface area contributed by atoms with E-state index in [1.165, 1.54) is 0 Å². The first-order valence-electron chi connectivity index (χ1n) is 6.09. The zero-order valence-corrected chi connectivity index (χ0v) is 11.6. The van der Waals surface area contributed by atoms with Crippen LogP contribution >= 0.6 is 12.2 Å². The van der Waals surface area contributed by atoms with Gasteiger partial charge in [-0.3, -0.25) is 0 Å². The lowest BCUT2D eigenvalue weighted by molar-refractivity contribution is 0.369. The van der Waals surface area contributed by atoms with Gasteiger partial charge in [-0.25, -0.2) is 0 Å². The molecule has 3 rings (SSSR count). The minimum Gasteiger partial charge on any atom is -0.339 e. The first-order chi connectivity index (χ1) is 9.67. The number of rotatable bonds is 3. The van der Waals surface area contributed by atoms with Gasteiger partial charge in [0.2, 0.25) is 5.89 Å². The summed E-state index contributed by atoms with van der Waals surface area (Å²) in [6.45, 7) is 2.40. The van der Waals surface area contributed by atoms with Gasteiger partial charge in [-0.15, -0.1) is 0 Å². The molecule has 1 N–H and O–H groups in total. The van der Waals surface area contributed by atoms with Gasteiger partial charge in [0.25, 0.3) is 0 Å². The summed E-state index contributed by atoms with van der Waals surface area (Å²) in [4.78, 5) is 7.29. The van der Waals surface area contributed by atoms with Crippen LogP contribution in [0.2, 0.25) is 0 Å². The Kier molecular flexibility index (Phi) is 3.08. The number of aromatic nitrogens is 4. The largest absolute Gasteiger partial charge is 0.339 e. The van der Waals surface area contributed by atoms with Gasteiger partial charge in [-0.1, -0.05) is 5.16 Å². The van der Waals surface area contributed by atoms with Gasteiger partial charge in [0.05, 0.1) is 22.7 Å². The fourth-order valence-corrected chi connectivity index (χ4v) is 2.39. The molecule has 2 aromatic heterocycles. The predicted molar refractivity (Wildman–Crippen MR) is 74.6 cm³/mol. The number of aryl methyl sites for hydroxylation is 3. The Labute approximate surface area is 119 Å². The molecular formula is C13H11N5OS. The maximum absolute atomic E-state index is 8.98. The van der Waals surface area contributed by atoms with Gasteiger partial charge in [0.1, 0.15) is 0 Å². The van der Waals surface area contributed by atoms with Crippen molar-refractivity contribution < 1.29 is 4.52 Å². The van der Waals surface area contributed by atoms with Crippen LogP contribution in [0, 0.1) is 23.0 Å². The lowest BCUT2D eigenvalue weighted by Gasteiger charge is -2.02. The summed E-state index contributed by atoms with van der Waals surface area (Å²) in [6, 6.07) is 7.57. The molecule has 0 radical (unpaired) electrons. The number of nitrogens with zero attached hydrogens (tertiary/aromatic N) is 4. The molecule has 1 aromatic carbocycles. The molecule has 2 heterocycles. The first kappa shape index (κ1) is 12.6. The molecule has 20 heavy (non-hydrogen) atoms. The van der Waals surface area contributed by atoms with E-state index in [-0.39, 0.29) is 0 Å². The Hall–Kier alpha value is -2.46. The summed E-state index contributed by atoms with van der Waals surface area (Å²) in [6.07, 6.45) is 0.596. The number of nitrogens with one attached hydrogen (secondary N) is 1. The van der Waals surface area contributed by atoms with Crippen LogP contribution in [0.3, 0.4) is 0 Å². The van der Waals surface area contributed by atoms with Gasteiger partial charge in [0, 0.05) is 13.0 Å². The molecule has 0 aliphatic heterocycles. The highest BCUT2D eigenvalue weighted by Gasteiger charge is 2.08. The standard InChI is InChI=1S/C13H11N5OS/c1-8-15-12(19-17-8)4-5-18-11-6-9(7-14)2-3-10(11)16-13(18)20/h2-3,6H,4-5H2,1H3,(H,16,20). The summed E-state index contributed by atoms with van der Waals surface area (Å²) < 4.78 is 7.64. The van der Waals surface area contributed by atoms with E-state index in [1.807, 2.05) is 16.7 Å². The van der Waals surface area contributed by atoms with E-state index in [0.717, 1.165) is 11.0 Å². The number of aromatic amines is 1. The van der Waals surface area contributed by atoms with Gasteiger partial charge < -0.3 is 14.1 Å². The number of H-pyrrole nitrogens is 1. The zero-order chi connectivity index (χ0) is 14.1. The molecule has 0 saturated heterocycles. The highest BCUT2D eigenvalue weighted by Crippen LogP contribution is 2.16. The lowest BCUT2D eigenvalue weighted by atomic mass is 10.2. The van der Waals surface area contributed by atoms with Crippen LogP contribution in [-0.2, 0) is 13.0 Å². The maximum Gasteiger partial charge on any atom is 0.228 e. The van der Waals surface area contributed by atoms with E-state index < -0.39 is 0 Å². The second-order valence-electron chi connectivity index (χ2n) is 4.41. The molecule has 0 spiro atoms. The van der Waals surface area contributed by atoms with Crippen molar-refractivity contribution in [3.63, 3.8) is 0 Å². The monoisotopic (exact) mass is 285 g/mol. The fourth-order valence-electron chi connectivity index (χ4n) is 2.09. The molecule has 0 aliphatic rings. The third kappa shape index (κ3) is 2.21. The minimum atomic E-state index is 0.579. The molecular weight excluding hydrogens is 274 g/mol. The fraction of sp³-hybridized carbons (Fsp3) is 0.231. The van der Waals surface area contributed by atoms with E-state index in [1.54, 1.807) is 13.0 Å². The predicted octanol–water partition coefficient (Wildman–Crippen LogP) is 2.50. The number of hydrogen-bond acceptors (Lipinski definition) is 5. The van der Waals surface area contributed by atoms with Crippen molar-refractivity contribution in [3.8, 4) is 6.07 Å². The average molecular weight is 285 g/mol. The van der Waals surface area contributed by atoms with E-state index in [9.17, 15) is 0 Å². The molecule has 0 atom stereocenters. The van der Waals surface area contributed by atoms with Crippen LogP contribution < -0.4 is 0 Å². The Morgan fingerprint density at radius 1 is 1.50 bits per heavy atom. The molecule has 7 heteroatoms. The number of nitriles is 1. The van der Waals surface area contributed by atoms with Crippen LogP contribution in [-0.4, -0.2) is 19.7 Å². The summed E-state index contributed by atoms with van der Waals surface area (Å²) >= 11 is 5.31. The highest BCUT2D eigenvalue weighted by atomic mass is 32.1. The van der Waals surface area contributed by atoms with Crippen LogP contribution in [0.15, 0.2) is 22.7 Å². The maximum atomic E-state index is 8.98. The zero-order valence-electron chi connectivity index (χ0n) is 10.8. The number of fused-ring (bicyclic) bond motifs is 1. The second-order valence-corrected chi connectivity index (χ2v) is 4.80. The minimum absolute atomic E-state index is 0.579. The van der Waals surface area contributed by atoms with E-state index in [0.29, 0.717) is 35.0 Å². The third-order valence-corrected chi connectivity index (χ3v) is 3.35. The number of imidazole rings is 1. The molecule has 0 unspecified atom stereocenters. The van der Waals surface area contributed by atoms with Gasteiger partial charge in [-0.2, -0.15) is 10.2 Å². The van der Waals surface area contributed by atoms with Crippen LogP contribution in [0.5, 0.6) is 0 Å². The van der Waals surface area contributed by atoms with Crippen molar-refractivity contribution in [1.29, 1.82) is 5.26 Å². The highest BCUT2D eigenvalue weighted by molar-refractivity contribution is 7.71. The summed E-state index contributed by atoms with van der Waals surface area (Å²) in [5, 5.41) is 12.7. The number of benzene rings is 1. The Morgan fingerprint density at radius 2 is 2.35 bits per heavy atom. The van der Waals surface area contributed by atoms with Crippen LogP contribution in [0.4, 0.5) is 0 Å². The first-order valence-corrected chi connectivity index (χ1v) is 6.50. The van der Waals surface area contributed by atoms with Gasteiger partial charge in [-0.05, 0) is 37.3 Å². The molecule has 0 bridgehead atoms. The summed E-state index contributed by atoms with van der Waals surface area (Å²) in [5.41, 5.74) is 2.43. The summed E-state index contributed by atoms with van der Waals surface area (Å²) in [5.74, 6) is 1.20. The molecule has 0 aliphatic carbocycles. The summed E-state index contributed by atoms with van der Waals surface area (Å²) in [7, 11) is 0. The van der Waals surface area contributed by atoms with Gasteiger partial charge in [0.15, 0.2) is 10.6 Å². The average Bonchev–Trinajstić information content (AvgIpc) is 2.98. The van der Waals surface area contributed by atoms with Crippen molar-refractivity contribution >= 4 is 23.3 Å². The van der Waals surface area contributed by atoms with Crippen molar-refractivity contribution in [3.05, 3.63) is 40.2 Å². The van der Waals surface area contributed by atoms with Crippen LogP contribution in [0.1, 0.15) is 17.3 Å². The van der Waals surface area contributed by atoms with Crippen molar-refractivity contribution in [2.45, 2.75) is 19.9 Å². The second kappa shape index (κ2) is 4.90. The SMILES string of the molecule is Cc1noc(CCn2c(=S)[nH]c3ccc(C#N)cc32)n1. The molecule has 6 nitrogen and oxygen atoms in total. The van der Waals surface area contributed by atoms with Crippen molar-refractivity contribution in [2.24, 2.45) is 0 Å². The Morgan fingerprint density at radius 3 is 3.05 bits per heavy atom. The van der Waals surface area contributed by atoms with Crippen molar-refractivity contribution in [2.75, 3.05) is 0 Å². The van der Waals surface area contributed by atoms with Crippen molar-refractivity contribution in [1.82, 2.24) is 19.7 Å². The third-order valence-electron chi connectivity index (χ3n) is 3.02. The molecule has 100 valence electrons. The van der Waals surface area contributed by atoms with E-state index in [2.05, 4.69) is 21.2 Å². The lowest BCUT2D eigenvalue weighted by Crippen LogP contribution is -2.01. The smallest absolute Gasteiger partial charge is 0.228 e. The number of hydrogen-bond donors (Lipinski definition) is 1. The molecule has 0 fully saturated rings. The quantitative estimate of drug-likeness (QED) is 0.747. The van der Waals surface area contributed by atoms with E-state index >= 15 is 0 Å². The van der Waals surface area contributed by atoms with E-state index in [4.69, 9.17) is 22.0 Å². The van der Waals surface area contributed by atoms with Gasteiger partial charge >= 0.3 is 0 Å². The molecule has 0 saturated carbocycles. The topological polar surface area (TPSA) is 83.4 Å². The Bertz CT molecular complexity index is 867. The molecule has 0 amide bonds. The normalized spacial score (nSPS) is 10.8. The Balaban J connectivity index is 1.96.